The Balaban J connectivity index is 1.94. The molecule has 0 unspecified atom stereocenters. The van der Waals surface area contributed by atoms with Gasteiger partial charge in [0, 0.05) is 31.2 Å². The quantitative estimate of drug-likeness (QED) is 0.835. The van der Waals surface area contributed by atoms with E-state index >= 15 is 0 Å². The van der Waals surface area contributed by atoms with Crippen LogP contribution in [0, 0.1) is 0 Å². The van der Waals surface area contributed by atoms with Gasteiger partial charge in [-0.1, -0.05) is 23.7 Å². The van der Waals surface area contributed by atoms with E-state index in [9.17, 15) is 13.2 Å². The lowest BCUT2D eigenvalue weighted by atomic mass is 10.2. The zero-order valence-electron chi connectivity index (χ0n) is 12.4. The van der Waals surface area contributed by atoms with Gasteiger partial charge in [-0.15, -0.1) is 0 Å². The lowest BCUT2D eigenvalue weighted by Crippen LogP contribution is -2.50. The minimum Gasteiger partial charge on any atom is -0.450 e. The molecule has 1 heterocycles. The van der Waals surface area contributed by atoms with Gasteiger partial charge in [0.2, 0.25) is 10.0 Å². The number of sulfonamides is 1. The molecule has 0 aliphatic carbocycles. The highest BCUT2D eigenvalue weighted by atomic mass is 35.5. The van der Waals surface area contributed by atoms with Gasteiger partial charge in [0.25, 0.3) is 0 Å². The highest BCUT2D eigenvalue weighted by molar-refractivity contribution is 7.88. The third-order valence-corrected chi connectivity index (χ3v) is 5.52. The Morgan fingerprint density at radius 2 is 1.77 bits per heavy atom. The van der Waals surface area contributed by atoms with Crippen molar-refractivity contribution in [3.63, 3.8) is 0 Å². The van der Waals surface area contributed by atoms with Crippen LogP contribution in [0.5, 0.6) is 0 Å². The van der Waals surface area contributed by atoms with Crippen molar-refractivity contribution in [3.8, 4) is 0 Å². The van der Waals surface area contributed by atoms with Gasteiger partial charge in [-0.05, 0) is 24.6 Å². The van der Waals surface area contributed by atoms with Gasteiger partial charge in [0.1, 0.15) is 0 Å². The van der Waals surface area contributed by atoms with Gasteiger partial charge in [-0.25, -0.2) is 13.2 Å². The summed E-state index contributed by atoms with van der Waals surface area (Å²) in [5.41, 5.74) is 0.692. The van der Waals surface area contributed by atoms with E-state index in [1.807, 2.05) is 0 Å². The molecule has 0 aromatic heterocycles. The molecular formula is C14H19ClN2O4S. The zero-order chi connectivity index (χ0) is 16.2. The third-order valence-electron chi connectivity index (χ3n) is 3.42. The first kappa shape index (κ1) is 17.1. The largest absolute Gasteiger partial charge is 0.450 e. The van der Waals surface area contributed by atoms with Crippen LogP contribution in [0.2, 0.25) is 5.02 Å². The van der Waals surface area contributed by atoms with Gasteiger partial charge in [0.15, 0.2) is 0 Å². The Hall–Kier alpha value is -1.31. The summed E-state index contributed by atoms with van der Waals surface area (Å²) in [6, 6.07) is 6.75. The van der Waals surface area contributed by atoms with Gasteiger partial charge in [-0.3, -0.25) is 0 Å². The lowest BCUT2D eigenvalue weighted by molar-refractivity contribution is 0.0934. The predicted molar refractivity (Wildman–Crippen MR) is 84.2 cm³/mol. The van der Waals surface area contributed by atoms with Gasteiger partial charge in [0.05, 0.1) is 12.4 Å². The molecule has 1 aromatic rings. The standard InChI is InChI=1S/C14H19ClN2O4S/c1-2-21-14(18)16-7-9-17(10-8-16)22(19,20)11-12-3-5-13(15)6-4-12/h3-6H,2,7-11H2,1H3. The SMILES string of the molecule is CCOC(=O)N1CCN(S(=O)(=O)Cc2ccc(Cl)cc2)CC1. The molecule has 0 N–H and O–H groups in total. The molecule has 0 saturated carbocycles. The first-order valence-electron chi connectivity index (χ1n) is 7.06. The molecular weight excluding hydrogens is 328 g/mol. The fourth-order valence-electron chi connectivity index (χ4n) is 2.25. The van der Waals surface area contributed by atoms with Crippen molar-refractivity contribution in [2.75, 3.05) is 32.8 Å². The number of halogens is 1. The average molecular weight is 347 g/mol. The molecule has 6 nitrogen and oxygen atoms in total. The predicted octanol–water partition coefficient (Wildman–Crippen LogP) is 1.94. The summed E-state index contributed by atoms with van der Waals surface area (Å²) >= 11 is 5.79. The van der Waals surface area contributed by atoms with Gasteiger partial charge < -0.3 is 9.64 Å². The summed E-state index contributed by atoms with van der Waals surface area (Å²) in [4.78, 5) is 13.1. The monoisotopic (exact) mass is 346 g/mol. The number of ether oxygens (including phenoxy) is 1. The molecule has 0 atom stereocenters. The number of carbonyl (C=O) groups is 1. The number of nitrogens with zero attached hydrogens (tertiary/aromatic N) is 2. The Labute approximate surface area is 135 Å². The smallest absolute Gasteiger partial charge is 0.409 e. The fourth-order valence-corrected chi connectivity index (χ4v) is 3.89. The first-order valence-corrected chi connectivity index (χ1v) is 9.05. The van der Waals surface area contributed by atoms with E-state index in [2.05, 4.69) is 0 Å². The highest BCUT2D eigenvalue weighted by Gasteiger charge is 2.29. The van der Waals surface area contributed by atoms with Crippen LogP contribution in [0.4, 0.5) is 4.79 Å². The summed E-state index contributed by atoms with van der Waals surface area (Å²) in [6.45, 7) is 3.32. The van der Waals surface area contributed by atoms with Gasteiger partial charge >= 0.3 is 6.09 Å². The topological polar surface area (TPSA) is 66.9 Å². The molecule has 1 aliphatic rings. The zero-order valence-corrected chi connectivity index (χ0v) is 13.9. The van der Waals surface area contributed by atoms with Crippen LogP contribution in [0.15, 0.2) is 24.3 Å². The van der Waals surface area contributed by atoms with Gasteiger partial charge in [-0.2, -0.15) is 4.31 Å². The number of carbonyl (C=O) groups excluding carboxylic acids is 1. The average Bonchev–Trinajstić information content (AvgIpc) is 2.50. The van der Waals surface area contributed by atoms with Crippen molar-refractivity contribution in [2.45, 2.75) is 12.7 Å². The maximum absolute atomic E-state index is 12.4. The van der Waals surface area contributed by atoms with Crippen molar-refractivity contribution in [2.24, 2.45) is 0 Å². The van der Waals surface area contributed by atoms with Crippen LogP contribution in [0.3, 0.4) is 0 Å². The van der Waals surface area contributed by atoms with Crippen molar-refractivity contribution >= 4 is 27.7 Å². The number of amides is 1. The van der Waals surface area contributed by atoms with E-state index < -0.39 is 16.1 Å². The summed E-state index contributed by atoms with van der Waals surface area (Å²) in [5.74, 6) is -0.0659. The maximum atomic E-state index is 12.4. The van der Waals surface area contributed by atoms with Crippen molar-refractivity contribution < 1.29 is 17.9 Å². The van der Waals surface area contributed by atoms with Crippen LogP contribution in [-0.2, 0) is 20.5 Å². The molecule has 1 aromatic carbocycles. The molecule has 8 heteroatoms. The normalized spacial score (nSPS) is 16.5. The van der Waals surface area contributed by atoms with E-state index in [0.29, 0.717) is 30.3 Å². The maximum Gasteiger partial charge on any atom is 0.409 e. The lowest BCUT2D eigenvalue weighted by Gasteiger charge is -2.33. The summed E-state index contributed by atoms with van der Waals surface area (Å²) in [6.07, 6.45) is -0.391. The molecule has 1 saturated heterocycles. The van der Waals surface area contributed by atoms with Crippen LogP contribution in [-0.4, -0.2) is 56.5 Å². The number of benzene rings is 1. The summed E-state index contributed by atoms with van der Waals surface area (Å²) in [7, 11) is -3.40. The number of hydrogen-bond donors (Lipinski definition) is 0. The van der Waals surface area contributed by atoms with Crippen molar-refractivity contribution in [3.05, 3.63) is 34.9 Å². The molecule has 0 bridgehead atoms. The van der Waals surface area contributed by atoms with Crippen LogP contribution in [0.1, 0.15) is 12.5 Å². The Bertz CT molecular complexity index is 610. The van der Waals surface area contributed by atoms with E-state index in [-0.39, 0.29) is 18.8 Å². The molecule has 1 amide bonds. The summed E-state index contributed by atoms with van der Waals surface area (Å²) < 4.78 is 31.1. The molecule has 1 fully saturated rings. The Morgan fingerprint density at radius 1 is 1.18 bits per heavy atom. The van der Waals surface area contributed by atoms with Crippen LogP contribution >= 0.6 is 11.6 Å². The number of piperazine rings is 1. The third kappa shape index (κ3) is 4.34. The minimum atomic E-state index is -3.40. The molecule has 22 heavy (non-hydrogen) atoms. The van der Waals surface area contributed by atoms with Crippen molar-refractivity contribution in [1.29, 1.82) is 0 Å². The molecule has 122 valence electrons. The Kier molecular flexibility index (Phi) is 5.66. The fraction of sp³-hybridized carbons (Fsp3) is 0.500. The second-order valence-corrected chi connectivity index (χ2v) is 7.37. The van der Waals surface area contributed by atoms with E-state index in [1.54, 1.807) is 31.2 Å². The van der Waals surface area contributed by atoms with Crippen molar-refractivity contribution in [1.82, 2.24) is 9.21 Å². The summed E-state index contributed by atoms with van der Waals surface area (Å²) in [5, 5.41) is 0.573. The molecule has 0 spiro atoms. The molecule has 2 rings (SSSR count). The van der Waals surface area contributed by atoms with E-state index in [0.717, 1.165) is 0 Å². The van der Waals surface area contributed by atoms with Crippen LogP contribution in [0.25, 0.3) is 0 Å². The van der Waals surface area contributed by atoms with Crippen LogP contribution < -0.4 is 0 Å². The minimum absolute atomic E-state index is 0.0659. The number of hydrogen-bond acceptors (Lipinski definition) is 4. The van der Waals surface area contributed by atoms with E-state index in [1.165, 1.54) is 9.21 Å². The molecule has 0 radical (unpaired) electrons. The number of rotatable bonds is 4. The first-order chi connectivity index (χ1) is 10.4. The molecule has 1 aliphatic heterocycles. The highest BCUT2D eigenvalue weighted by Crippen LogP contribution is 2.16. The Morgan fingerprint density at radius 3 is 2.32 bits per heavy atom. The second kappa shape index (κ2) is 7.30. The second-order valence-electron chi connectivity index (χ2n) is 4.97. The van der Waals surface area contributed by atoms with E-state index in [4.69, 9.17) is 16.3 Å².